The van der Waals surface area contributed by atoms with Crippen molar-refractivity contribution in [1.29, 1.82) is 0 Å². The monoisotopic (exact) mass is 300 g/mol. The van der Waals surface area contributed by atoms with Gasteiger partial charge in [-0.2, -0.15) is 0 Å². The van der Waals surface area contributed by atoms with Gasteiger partial charge >= 0.3 is 0 Å². The van der Waals surface area contributed by atoms with Gasteiger partial charge in [-0.3, -0.25) is 9.48 Å². The van der Waals surface area contributed by atoms with Crippen LogP contribution in [0.15, 0.2) is 36.5 Å². The summed E-state index contributed by atoms with van der Waals surface area (Å²) in [5, 5.41) is 11.2. The molecule has 0 spiro atoms. The van der Waals surface area contributed by atoms with Crippen LogP contribution >= 0.6 is 0 Å². The van der Waals surface area contributed by atoms with E-state index in [0.29, 0.717) is 26.2 Å². The topological polar surface area (TPSA) is 69.0 Å². The number of aryl methyl sites for hydroxylation is 1. The SMILES string of the molecule is O=C1CCCn2cc(nn2)COC[C@@H](Cc2ccccc2)N1. The number of amides is 1. The van der Waals surface area contributed by atoms with Crippen LogP contribution in [0.2, 0.25) is 0 Å². The minimum Gasteiger partial charge on any atom is -0.373 e. The largest absolute Gasteiger partial charge is 0.373 e. The van der Waals surface area contributed by atoms with Crippen LogP contribution in [0.4, 0.5) is 0 Å². The van der Waals surface area contributed by atoms with Crippen LogP contribution in [-0.2, 0) is 29.1 Å². The molecule has 116 valence electrons. The Labute approximate surface area is 129 Å². The summed E-state index contributed by atoms with van der Waals surface area (Å²) in [7, 11) is 0. The van der Waals surface area contributed by atoms with Gasteiger partial charge in [0.15, 0.2) is 0 Å². The number of hydrogen-bond donors (Lipinski definition) is 1. The quantitative estimate of drug-likeness (QED) is 0.908. The second-order valence-corrected chi connectivity index (χ2v) is 5.55. The van der Waals surface area contributed by atoms with Crippen LogP contribution in [-0.4, -0.2) is 33.5 Å². The predicted molar refractivity (Wildman–Crippen MR) is 81.0 cm³/mol. The van der Waals surface area contributed by atoms with Crippen LogP contribution in [0, 0.1) is 0 Å². The number of aromatic nitrogens is 3. The number of fused-ring (bicyclic) bond motifs is 2. The Kier molecular flexibility index (Phi) is 4.80. The van der Waals surface area contributed by atoms with Gasteiger partial charge in [0.2, 0.25) is 5.91 Å². The van der Waals surface area contributed by atoms with Gasteiger partial charge in [0.25, 0.3) is 0 Å². The number of carbonyl (C=O) groups is 1. The standard InChI is InChI=1S/C16H20N4O2/c21-16-7-4-8-20-10-15(18-19-20)12-22-11-14(17-16)9-13-5-2-1-3-6-13/h1-3,5-6,10,14H,4,7-9,11-12H2,(H,17,21)/t14-/m1/s1. The molecule has 0 saturated heterocycles. The average molecular weight is 300 g/mol. The lowest BCUT2D eigenvalue weighted by Gasteiger charge is -2.19. The third-order valence-corrected chi connectivity index (χ3v) is 3.64. The summed E-state index contributed by atoms with van der Waals surface area (Å²) in [6.45, 7) is 1.58. The third-order valence-electron chi connectivity index (χ3n) is 3.64. The van der Waals surface area contributed by atoms with E-state index in [9.17, 15) is 4.79 Å². The highest BCUT2D eigenvalue weighted by Crippen LogP contribution is 2.07. The number of nitrogens with one attached hydrogen (secondary N) is 1. The van der Waals surface area contributed by atoms with Gasteiger partial charge < -0.3 is 10.1 Å². The summed E-state index contributed by atoms with van der Waals surface area (Å²) in [5.74, 6) is 0.0606. The Morgan fingerprint density at radius 3 is 3.05 bits per heavy atom. The number of rotatable bonds is 2. The summed E-state index contributed by atoms with van der Waals surface area (Å²) in [6.07, 6.45) is 3.89. The van der Waals surface area contributed by atoms with Gasteiger partial charge in [-0.25, -0.2) is 0 Å². The van der Waals surface area contributed by atoms with Crippen molar-refractivity contribution in [2.75, 3.05) is 6.61 Å². The van der Waals surface area contributed by atoms with Crippen LogP contribution in [0.25, 0.3) is 0 Å². The second kappa shape index (κ2) is 7.17. The fourth-order valence-corrected chi connectivity index (χ4v) is 2.57. The molecular formula is C16H20N4O2. The number of benzene rings is 1. The van der Waals surface area contributed by atoms with Crippen LogP contribution in [0.3, 0.4) is 0 Å². The van der Waals surface area contributed by atoms with Gasteiger partial charge in [-0.1, -0.05) is 35.5 Å². The molecule has 1 aromatic heterocycles. The van der Waals surface area contributed by atoms with Crippen molar-refractivity contribution in [1.82, 2.24) is 20.3 Å². The molecule has 1 amide bonds. The molecule has 3 rings (SSSR count). The smallest absolute Gasteiger partial charge is 0.220 e. The Bertz CT molecular complexity index is 612. The molecule has 1 aliphatic rings. The van der Waals surface area contributed by atoms with Gasteiger partial charge in [-0.15, -0.1) is 5.10 Å². The van der Waals surface area contributed by atoms with Crippen molar-refractivity contribution < 1.29 is 9.53 Å². The zero-order valence-corrected chi connectivity index (χ0v) is 12.4. The molecule has 1 aliphatic heterocycles. The van der Waals surface area contributed by atoms with E-state index >= 15 is 0 Å². The molecular weight excluding hydrogens is 280 g/mol. The molecule has 6 nitrogen and oxygen atoms in total. The molecule has 0 fully saturated rings. The molecule has 2 heterocycles. The van der Waals surface area contributed by atoms with Crippen molar-refractivity contribution in [3.63, 3.8) is 0 Å². The van der Waals surface area contributed by atoms with Gasteiger partial charge in [0.05, 0.1) is 25.5 Å². The maximum Gasteiger partial charge on any atom is 0.220 e. The van der Waals surface area contributed by atoms with Crippen LogP contribution in [0.5, 0.6) is 0 Å². The van der Waals surface area contributed by atoms with E-state index in [1.165, 1.54) is 5.56 Å². The number of hydrogen-bond acceptors (Lipinski definition) is 4. The lowest BCUT2D eigenvalue weighted by atomic mass is 10.1. The predicted octanol–water partition coefficient (Wildman–Crippen LogP) is 1.32. The number of carbonyl (C=O) groups excluding carboxylic acids is 1. The van der Waals surface area contributed by atoms with Crippen LogP contribution in [0.1, 0.15) is 24.1 Å². The fourth-order valence-electron chi connectivity index (χ4n) is 2.57. The van der Waals surface area contributed by atoms with Crippen molar-refractivity contribution in [3.05, 3.63) is 47.8 Å². The van der Waals surface area contributed by atoms with Crippen molar-refractivity contribution in [3.8, 4) is 0 Å². The first-order valence-corrected chi connectivity index (χ1v) is 7.59. The molecule has 22 heavy (non-hydrogen) atoms. The summed E-state index contributed by atoms with van der Waals surface area (Å²) >= 11 is 0. The van der Waals surface area contributed by atoms with E-state index in [1.54, 1.807) is 4.68 Å². The zero-order chi connectivity index (χ0) is 15.2. The van der Waals surface area contributed by atoms with Crippen LogP contribution < -0.4 is 5.32 Å². The van der Waals surface area contributed by atoms with Crippen molar-refractivity contribution in [2.24, 2.45) is 0 Å². The second-order valence-electron chi connectivity index (χ2n) is 5.55. The van der Waals surface area contributed by atoms with E-state index in [1.807, 2.05) is 24.4 Å². The summed E-state index contributed by atoms with van der Waals surface area (Å²) < 4.78 is 7.47. The van der Waals surface area contributed by atoms with E-state index in [0.717, 1.165) is 18.5 Å². The lowest BCUT2D eigenvalue weighted by molar-refractivity contribution is -0.122. The molecule has 0 unspecified atom stereocenters. The molecule has 2 bridgehead atoms. The Morgan fingerprint density at radius 2 is 2.18 bits per heavy atom. The third kappa shape index (κ3) is 4.14. The average Bonchev–Trinajstić information content (AvgIpc) is 2.95. The summed E-state index contributed by atoms with van der Waals surface area (Å²) in [6, 6.07) is 10.1. The van der Waals surface area contributed by atoms with Gasteiger partial charge in [-0.05, 0) is 18.4 Å². The molecule has 0 saturated carbocycles. The van der Waals surface area contributed by atoms with E-state index in [-0.39, 0.29) is 11.9 Å². The fraction of sp³-hybridized carbons (Fsp3) is 0.438. The summed E-state index contributed by atoms with van der Waals surface area (Å²) in [4.78, 5) is 12.1. The first kappa shape index (κ1) is 14.7. The van der Waals surface area contributed by atoms with Crippen molar-refractivity contribution in [2.45, 2.75) is 38.5 Å². The molecule has 1 atom stereocenters. The Balaban J connectivity index is 1.66. The minimum atomic E-state index is -0.0237. The summed E-state index contributed by atoms with van der Waals surface area (Å²) in [5.41, 5.74) is 2.01. The van der Waals surface area contributed by atoms with E-state index in [2.05, 4.69) is 27.8 Å². The van der Waals surface area contributed by atoms with Gasteiger partial charge in [0.1, 0.15) is 5.69 Å². The van der Waals surface area contributed by atoms with E-state index < -0.39 is 0 Å². The molecule has 1 N–H and O–H groups in total. The normalized spacial score (nSPS) is 19.8. The maximum atomic E-state index is 12.1. The highest BCUT2D eigenvalue weighted by molar-refractivity contribution is 5.76. The Hall–Kier alpha value is -2.21. The molecule has 1 aromatic carbocycles. The lowest BCUT2D eigenvalue weighted by Crippen LogP contribution is -2.39. The van der Waals surface area contributed by atoms with Crippen molar-refractivity contribution >= 4 is 5.91 Å². The number of ether oxygens (including phenoxy) is 1. The maximum absolute atomic E-state index is 12.1. The molecule has 0 aliphatic carbocycles. The van der Waals surface area contributed by atoms with Gasteiger partial charge in [0, 0.05) is 13.0 Å². The highest BCUT2D eigenvalue weighted by Gasteiger charge is 2.15. The molecule has 2 aromatic rings. The molecule has 6 heteroatoms. The zero-order valence-electron chi connectivity index (χ0n) is 12.4. The Morgan fingerprint density at radius 1 is 1.32 bits per heavy atom. The first-order valence-electron chi connectivity index (χ1n) is 7.59. The first-order chi connectivity index (χ1) is 10.8. The molecule has 0 radical (unpaired) electrons. The number of nitrogens with zero attached hydrogens (tertiary/aromatic N) is 3. The van der Waals surface area contributed by atoms with E-state index in [4.69, 9.17) is 4.74 Å². The highest BCUT2D eigenvalue weighted by atomic mass is 16.5. The minimum absolute atomic E-state index is 0.0237.